The maximum absolute atomic E-state index is 13.5. The van der Waals surface area contributed by atoms with E-state index in [4.69, 9.17) is 5.11 Å². The van der Waals surface area contributed by atoms with Crippen molar-refractivity contribution in [2.75, 3.05) is 17.6 Å². The predicted octanol–water partition coefficient (Wildman–Crippen LogP) is 2.70. The molecule has 180 valence electrons. The molecule has 0 fully saturated rings. The van der Waals surface area contributed by atoms with Crippen LogP contribution in [0.15, 0.2) is 30.3 Å². The van der Waals surface area contributed by atoms with Gasteiger partial charge in [0.25, 0.3) is 0 Å². The van der Waals surface area contributed by atoms with E-state index in [1.54, 1.807) is 25.3 Å². The van der Waals surface area contributed by atoms with Crippen molar-refractivity contribution in [1.82, 2.24) is 9.97 Å². The van der Waals surface area contributed by atoms with Crippen molar-refractivity contribution in [2.24, 2.45) is 0 Å². The van der Waals surface area contributed by atoms with E-state index in [0.717, 1.165) is 0 Å². The van der Waals surface area contributed by atoms with Crippen molar-refractivity contribution >= 4 is 33.6 Å². The Morgan fingerprint density at radius 3 is 2.36 bits per heavy atom. The Morgan fingerprint density at radius 2 is 1.85 bits per heavy atom. The summed E-state index contributed by atoms with van der Waals surface area (Å²) in [5, 5.41) is 28.9. The fourth-order valence-corrected chi connectivity index (χ4v) is 3.50. The monoisotopic (exact) mass is 479 g/mol. The normalized spacial score (nSPS) is 15.4. The Bertz CT molecular complexity index is 1120. The van der Waals surface area contributed by atoms with Crippen LogP contribution >= 0.6 is 0 Å². The van der Waals surface area contributed by atoms with Crippen molar-refractivity contribution in [3.05, 3.63) is 47.4 Å². The molecule has 10 heteroatoms. The molecule has 1 aromatic heterocycles. The van der Waals surface area contributed by atoms with Crippen LogP contribution in [0.25, 0.3) is 17.3 Å². The Kier molecular flexibility index (Phi) is 8.70. The topological polar surface area (TPSA) is 124 Å². The number of anilines is 1. The molecular formula is C23H30FN3O5S. The number of rotatable bonds is 10. The average molecular weight is 480 g/mol. The number of carboxylic acids is 1. The average Bonchev–Trinajstić information content (AvgIpc) is 2.70. The fourth-order valence-electron chi connectivity index (χ4n) is 3.07. The van der Waals surface area contributed by atoms with Crippen molar-refractivity contribution in [1.29, 1.82) is 0 Å². The van der Waals surface area contributed by atoms with Gasteiger partial charge in [-0.3, -0.25) is 9.10 Å². The molecule has 0 aliphatic carbocycles. The van der Waals surface area contributed by atoms with Crippen LogP contribution in [0.3, 0.4) is 0 Å². The molecule has 33 heavy (non-hydrogen) atoms. The van der Waals surface area contributed by atoms with Crippen molar-refractivity contribution in [2.45, 2.75) is 44.8 Å². The molecule has 0 bridgehead atoms. The Labute approximate surface area is 193 Å². The minimum absolute atomic E-state index is 0.0912. The van der Waals surface area contributed by atoms with E-state index >= 15 is 0 Å². The molecule has 2 aromatic rings. The number of aliphatic hydroxyl groups is 2. The van der Waals surface area contributed by atoms with Gasteiger partial charge in [-0.15, -0.1) is 0 Å². The van der Waals surface area contributed by atoms with Crippen molar-refractivity contribution in [3.8, 4) is 11.3 Å². The number of aliphatic hydroxyl groups excluding tert-OH is 2. The number of carbonyl (C=O) groups is 1. The molecule has 1 unspecified atom stereocenters. The van der Waals surface area contributed by atoms with E-state index in [1.807, 2.05) is 13.8 Å². The van der Waals surface area contributed by atoms with E-state index in [1.165, 1.54) is 28.8 Å². The number of nitrogens with zero attached hydrogens (tertiary/aromatic N) is 3. The highest BCUT2D eigenvalue weighted by Gasteiger charge is 2.21. The first-order valence-corrected chi connectivity index (χ1v) is 12.4. The van der Waals surface area contributed by atoms with E-state index < -0.39 is 40.1 Å². The standard InChI is InChI=1S/C23H30FN3O5S/c1-14(2)21-19(11-10-17(28)12-18(29)13-20(30)31)22(15-6-8-16(24)9-7-15)26-23(25-21)27(3)33(4,5)32/h6-11,14,17-18,28-29H,4,12-13H2,1-3,5H3,(H,30,31)/b11-10+/t17-,18-,33?/m1/s1. The summed E-state index contributed by atoms with van der Waals surface area (Å²) in [7, 11) is -1.08. The SMILES string of the molecule is C=S(C)(=O)N(C)c1nc(-c2ccc(F)cc2)c(/C=C/[C@@H](O)C[C@@H](O)CC(=O)O)c(C(C)C)n1. The summed E-state index contributed by atoms with van der Waals surface area (Å²) in [6.45, 7) is 3.83. The first-order valence-electron chi connectivity index (χ1n) is 10.3. The predicted molar refractivity (Wildman–Crippen MR) is 129 cm³/mol. The summed E-state index contributed by atoms with van der Waals surface area (Å²) in [5.74, 6) is 2.20. The van der Waals surface area contributed by atoms with Crippen LogP contribution in [0.1, 0.15) is 43.9 Å². The highest BCUT2D eigenvalue weighted by molar-refractivity contribution is 8.00. The van der Waals surface area contributed by atoms with Crippen LogP contribution in [0.4, 0.5) is 10.3 Å². The summed E-state index contributed by atoms with van der Waals surface area (Å²) in [5.41, 5.74) is 2.19. The zero-order chi connectivity index (χ0) is 24.9. The lowest BCUT2D eigenvalue weighted by molar-refractivity contribution is -0.139. The Morgan fingerprint density at radius 1 is 1.24 bits per heavy atom. The van der Waals surface area contributed by atoms with Crippen LogP contribution in [0.2, 0.25) is 0 Å². The second-order valence-corrected chi connectivity index (χ2v) is 10.7. The number of hydrogen-bond donors (Lipinski definition) is 3. The molecule has 0 aliphatic rings. The third kappa shape index (κ3) is 7.34. The van der Waals surface area contributed by atoms with Gasteiger partial charge in [-0.1, -0.05) is 26.0 Å². The van der Waals surface area contributed by atoms with E-state index in [2.05, 4.69) is 15.8 Å². The lowest BCUT2D eigenvalue weighted by atomic mass is 9.97. The zero-order valence-electron chi connectivity index (χ0n) is 19.1. The Hall–Kier alpha value is -2.82. The van der Waals surface area contributed by atoms with E-state index in [9.17, 15) is 23.6 Å². The van der Waals surface area contributed by atoms with Crippen molar-refractivity contribution in [3.63, 3.8) is 0 Å². The molecule has 0 aliphatic heterocycles. The number of halogens is 1. The molecule has 0 spiro atoms. The van der Waals surface area contributed by atoms with Crippen LogP contribution < -0.4 is 4.31 Å². The van der Waals surface area contributed by atoms with Gasteiger partial charge in [-0.05, 0) is 36.1 Å². The molecule has 1 heterocycles. The van der Waals surface area contributed by atoms with Gasteiger partial charge in [0.05, 0.1) is 30.0 Å². The number of benzene rings is 1. The second-order valence-electron chi connectivity index (χ2n) is 8.20. The molecule has 0 amide bonds. The van der Waals surface area contributed by atoms with Gasteiger partial charge in [0.1, 0.15) is 5.82 Å². The number of carboxylic acid groups (broad SMARTS) is 1. The zero-order valence-corrected chi connectivity index (χ0v) is 19.9. The minimum Gasteiger partial charge on any atom is -0.481 e. The number of aromatic nitrogens is 2. The van der Waals surface area contributed by atoms with Gasteiger partial charge < -0.3 is 15.3 Å². The lowest BCUT2D eigenvalue weighted by Gasteiger charge is -2.22. The molecule has 3 atom stereocenters. The lowest BCUT2D eigenvalue weighted by Crippen LogP contribution is -2.27. The van der Waals surface area contributed by atoms with E-state index in [-0.39, 0.29) is 18.3 Å². The quantitative estimate of drug-likeness (QED) is 0.448. The first-order chi connectivity index (χ1) is 15.3. The van der Waals surface area contributed by atoms with Gasteiger partial charge in [-0.2, -0.15) is 0 Å². The Balaban J connectivity index is 2.61. The third-order valence-corrected chi connectivity index (χ3v) is 6.22. The van der Waals surface area contributed by atoms with Crippen LogP contribution in [0, 0.1) is 5.82 Å². The minimum atomic E-state index is -2.65. The summed E-state index contributed by atoms with van der Waals surface area (Å²) < 4.78 is 27.4. The van der Waals surface area contributed by atoms with E-state index in [0.29, 0.717) is 22.5 Å². The summed E-state index contributed by atoms with van der Waals surface area (Å²) in [6, 6.07) is 5.71. The number of hydrogen-bond acceptors (Lipinski definition) is 6. The van der Waals surface area contributed by atoms with Gasteiger partial charge in [-0.25, -0.2) is 18.6 Å². The van der Waals surface area contributed by atoms with Gasteiger partial charge in [0.15, 0.2) is 0 Å². The van der Waals surface area contributed by atoms with Gasteiger partial charge in [0, 0.05) is 40.6 Å². The fraction of sp³-hybridized carbons (Fsp3) is 0.391. The molecule has 0 saturated carbocycles. The maximum atomic E-state index is 13.5. The third-order valence-electron chi connectivity index (χ3n) is 4.90. The molecule has 1 aromatic carbocycles. The highest BCUT2D eigenvalue weighted by Crippen LogP contribution is 2.31. The summed E-state index contributed by atoms with van der Waals surface area (Å²) in [6.07, 6.45) is 1.54. The molecule has 8 nitrogen and oxygen atoms in total. The molecule has 0 radical (unpaired) electrons. The highest BCUT2D eigenvalue weighted by atomic mass is 32.2. The van der Waals surface area contributed by atoms with Gasteiger partial charge >= 0.3 is 5.97 Å². The molecule has 3 N–H and O–H groups in total. The smallest absolute Gasteiger partial charge is 0.305 e. The maximum Gasteiger partial charge on any atom is 0.305 e. The largest absolute Gasteiger partial charge is 0.481 e. The van der Waals surface area contributed by atoms with Crippen LogP contribution in [-0.2, 0) is 14.5 Å². The number of aliphatic carboxylic acids is 1. The van der Waals surface area contributed by atoms with Crippen LogP contribution in [0.5, 0.6) is 0 Å². The first kappa shape index (κ1) is 26.4. The molecule has 2 rings (SSSR count). The second kappa shape index (κ2) is 10.9. The molecular weight excluding hydrogens is 449 g/mol. The molecule has 0 saturated heterocycles. The summed E-state index contributed by atoms with van der Waals surface area (Å²) >= 11 is 0. The summed E-state index contributed by atoms with van der Waals surface area (Å²) in [4.78, 5) is 19.9. The van der Waals surface area contributed by atoms with Gasteiger partial charge in [0.2, 0.25) is 5.95 Å². The van der Waals surface area contributed by atoms with Crippen LogP contribution in [-0.4, -0.2) is 66.8 Å². The van der Waals surface area contributed by atoms with Crippen molar-refractivity contribution < 1.29 is 28.7 Å².